The molecular weight excluding hydrogens is 515 g/mol. The van der Waals surface area contributed by atoms with Gasteiger partial charge >= 0.3 is 0 Å². The lowest BCUT2D eigenvalue weighted by atomic mass is 10.1. The standard InChI is InChI=1S/C21H28N4O3S.HI/c1-22-21(23-7-6-16-4-5-18-19(13-16)28-15-27-18)24-14-17(20-3-2-12-29-20)25-8-10-26-11-9-25;/h2-5,12-13,17H,6-11,14-15H2,1H3,(H2,22,23,24);1H. The topological polar surface area (TPSA) is 67.4 Å². The van der Waals surface area contributed by atoms with Gasteiger partial charge in [-0.25, -0.2) is 0 Å². The molecule has 164 valence electrons. The Labute approximate surface area is 198 Å². The van der Waals surface area contributed by atoms with E-state index in [9.17, 15) is 0 Å². The maximum Gasteiger partial charge on any atom is 0.231 e. The van der Waals surface area contributed by atoms with Crippen LogP contribution in [-0.2, 0) is 11.2 Å². The molecule has 2 aliphatic rings. The zero-order valence-electron chi connectivity index (χ0n) is 17.1. The second-order valence-corrected chi connectivity index (χ2v) is 7.98. The molecule has 2 aliphatic heterocycles. The Hall–Kier alpha value is -1.56. The van der Waals surface area contributed by atoms with Gasteiger partial charge in [0.15, 0.2) is 17.5 Å². The van der Waals surface area contributed by atoms with Crippen molar-refractivity contribution in [2.45, 2.75) is 12.5 Å². The number of aliphatic imine (C=N–C) groups is 1. The van der Waals surface area contributed by atoms with Gasteiger partial charge in [0, 0.05) is 38.1 Å². The van der Waals surface area contributed by atoms with Crippen LogP contribution in [0.5, 0.6) is 11.5 Å². The second-order valence-electron chi connectivity index (χ2n) is 7.00. The summed E-state index contributed by atoms with van der Waals surface area (Å²) in [5, 5.41) is 9.06. The molecule has 0 aliphatic carbocycles. The van der Waals surface area contributed by atoms with E-state index in [0.29, 0.717) is 12.8 Å². The van der Waals surface area contributed by atoms with Gasteiger partial charge in [-0.15, -0.1) is 35.3 Å². The average molecular weight is 544 g/mol. The third-order valence-electron chi connectivity index (χ3n) is 5.19. The zero-order valence-corrected chi connectivity index (χ0v) is 20.3. The Morgan fingerprint density at radius 1 is 1.17 bits per heavy atom. The Bertz CT molecular complexity index is 813. The minimum absolute atomic E-state index is 0. The van der Waals surface area contributed by atoms with E-state index in [-0.39, 0.29) is 24.0 Å². The van der Waals surface area contributed by atoms with E-state index in [1.807, 2.05) is 19.2 Å². The zero-order chi connectivity index (χ0) is 19.9. The fourth-order valence-electron chi connectivity index (χ4n) is 3.62. The van der Waals surface area contributed by atoms with E-state index in [4.69, 9.17) is 14.2 Å². The molecule has 1 aromatic heterocycles. The van der Waals surface area contributed by atoms with E-state index >= 15 is 0 Å². The van der Waals surface area contributed by atoms with Gasteiger partial charge in [-0.3, -0.25) is 9.89 Å². The first kappa shape index (κ1) is 23.1. The molecule has 3 heterocycles. The van der Waals surface area contributed by atoms with Crippen LogP contribution in [0.25, 0.3) is 0 Å². The number of nitrogens with one attached hydrogen (secondary N) is 2. The van der Waals surface area contributed by atoms with Crippen LogP contribution in [0, 0.1) is 0 Å². The number of fused-ring (bicyclic) bond motifs is 1. The predicted molar refractivity (Wildman–Crippen MR) is 131 cm³/mol. The summed E-state index contributed by atoms with van der Waals surface area (Å²) < 4.78 is 16.4. The molecule has 0 saturated carbocycles. The van der Waals surface area contributed by atoms with Crippen molar-refractivity contribution in [1.82, 2.24) is 15.5 Å². The summed E-state index contributed by atoms with van der Waals surface area (Å²) in [5.41, 5.74) is 1.21. The first-order valence-corrected chi connectivity index (χ1v) is 10.9. The Kier molecular flexibility index (Phi) is 9.04. The number of morpholine rings is 1. The third-order valence-corrected chi connectivity index (χ3v) is 6.16. The van der Waals surface area contributed by atoms with Crippen LogP contribution >= 0.6 is 35.3 Å². The molecular formula is C21H29IN4O3S. The van der Waals surface area contributed by atoms with E-state index in [0.717, 1.165) is 63.3 Å². The van der Waals surface area contributed by atoms with E-state index in [1.165, 1.54) is 10.4 Å². The maximum absolute atomic E-state index is 5.53. The number of rotatable bonds is 7. The SMILES string of the molecule is CN=C(NCCc1ccc2c(c1)OCO2)NCC(c1cccs1)N1CCOCC1.I. The van der Waals surface area contributed by atoms with Crippen LogP contribution in [0.2, 0.25) is 0 Å². The third kappa shape index (κ3) is 5.99. The number of nitrogens with zero attached hydrogens (tertiary/aromatic N) is 2. The van der Waals surface area contributed by atoms with E-state index in [1.54, 1.807) is 11.3 Å². The monoisotopic (exact) mass is 544 g/mol. The number of hydrogen-bond donors (Lipinski definition) is 2. The lowest BCUT2D eigenvalue weighted by Crippen LogP contribution is -2.46. The number of halogens is 1. The lowest BCUT2D eigenvalue weighted by Gasteiger charge is -2.34. The molecule has 4 rings (SSSR count). The average Bonchev–Trinajstić information content (AvgIpc) is 3.45. The van der Waals surface area contributed by atoms with E-state index < -0.39 is 0 Å². The number of guanidine groups is 1. The normalized spacial score (nSPS) is 17.3. The molecule has 30 heavy (non-hydrogen) atoms. The lowest BCUT2D eigenvalue weighted by molar-refractivity contribution is 0.0177. The van der Waals surface area contributed by atoms with Gasteiger partial charge in [0.1, 0.15) is 0 Å². The molecule has 1 atom stereocenters. The van der Waals surface area contributed by atoms with Crippen LogP contribution in [0.15, 0.2) is 40.7 Å². The first-order valence-electron chi connectivity index (χ1n) is 10.0. The van der Waals surface area contributed by atoms with Gasteiger partial charge < -0.3 is 24.8 Å². The Morgan fingerprint density at radius 2 is 2.00 bits per heavy atom. The van der Waals surface area contributed by atoms with Crippen LogP contribution in [0.1, 0.15) is 16.5 Å². The van der Waals surface area contributed by atoms with Gasteiger partial charge in [0.25, 0.3) is 0 Å². The van der Waals surface area contributed by atoms with Crippen LogP contribution in [0.3, 0.4) is 0 Å². The van der Waals surface area contributed by atoms with Crippen LogP contribution < -0.4 is 20.1 Å². The summed E-state index contributed by atoms with van der Waals surface area (Å²) in [5.74, 6) is 2.47. The highest BCUT2D eigenvalue weighted by molar-refractivity contribution is 14.0. The molecule has 1 unspecified atom stereocenters. The minimum atomic E-state index is 0. The fourth-order valence-corrected chi connectivity index (χ4v) is 4.48. The van der Waals surface area contributed by atoms with E-state index in [2.05, 4.69) is 44.1 Å². The second kappa shape index (κ2) is 11.7. The number of benzene rings is 1. The first-order chi connectivity index (χ1) is 14.3. The number of thiophene rings is 1. The van der Waals surface area contributed by atoms with Crippen molar-refractivity contribution in [3.8, 4) is 11.5 Å². The molecule has 7 nitrogen and oxygen atoms in total. The number of ether oxygens (including phenoxy) is 3. The smallest absolute Gasteiger partial charge is 0.231 e. The highest BCUT2D eigenvalue weighted by Crippen LogP contribution is 2.32. The van der Waals surface area contributed by atoms with Crippen molar-refractivity contribution in [3.05, 3.63) is 46.2 Å². The largest absolute Gasteiger partial charge is 0.454 e. The fraction of sp³-hybridized carbons (Fsp3) is 0.476. The van der Waals surface area contributed by atoms with Crippen molar-refractivity contribution in [2.75, 3.05) is 53.2 Å². The Morgan fingerprint density at radius 3 is 2.77 bits per heavy atom. The molecule has 1 aromatic carbocycles. The highest BCUT2D eigenvalue weighted by atomic mass is 127. The van der Waals surface area contributed by atoms with Crippen molar-refractivity contribution in [1.29, 1.82) is 0 Å². The summed E-state index contributed by atoms with van der Waals surface area (Å²) in [7, 11) is 1.81. The molecule has 2 N–H and O–H groups in total. The van der Waals surface area contributed by atoms with Crippen LogP contribution in [0.4, 0.5) is 0 Å². The van der Waals surface area contributed by atoms with Gasteiger partial charge in [0.2, 0.25) is 6.79 Å². The summed E-state index contributed by atoms with van der Waals surface area (Å²) in [6.07, 6.45) is 0.884. The molecule has 0 spiro atoms. The van der Waals surface area contributed by atoms with Gasteiger partial charge in [0.05, 0.1) is 19.3 Å². The molecule has 9 heteroatoms. The van der Waals surface area contributed by atoms with Gasteiger partial charge in [-0.05, 0) is 35.6 Å². The highest BCUT2D eigenvalue weighted by Gasteiger charge is 2.23. The molecule has 0 amide bonds. The predicted octanol–water partition coefficient (Wildman–Crippen LogP) is 2.88. The minimum Gasteiger partial charge on any atom is -0.454 e. The molecule has 1 fully saturated rings. The Balaban J connectivity index is 0.00000256. The molecule has 0 bridgehead atoms. The van der Waals surface area contributed by atoms with Crippen LogP contribution in [-0.4, -0.2) is 64.1 Å². The molecule has 2 aromatic rings. The molecule has 0 radical (unpaired) electrons. The van der Waals surface area contributed by atoms with Gasteiger partial charge in [-0.2, -0.15) is 0 Å². The summed E-state index contributed by atoms with van der Waals surface area (Å²) in [6.45, 7) is 5.42. The summed E-state index contributed by atoms with van der Waals surface area (Å²) >= 11 is 1.80. The maximum atomic E-state index is 5.53. The quantitative estimate of drug-likeness (QED) is 0.318. The summed E-state index contributed by atoms with van der Waals surface area (Å²) in [4.78, 5) is 8.24. The van der Waals surface area contributed by atoms with Crippen molar-refractivity contribution >= 4 is 41.3 Å². The van der Waals surface area contributed by atoms with Crippen molar-refractivity contribution in [3.63, 3.8) is 0 Å². The van der Waals surface area contributed by atoms with Crippen molar-refractivity contribution < 1.29 is 14.2 Å². The summed E-state index contributed by atoms with van der Waals surface area (Å²) in [6, 6.07) is 10.8. The van der Waals surface area contributed by atoms with Gasteiger partial charge in [-0.1, -0.05) is 12.1 Å². The van der Waals surface area contributed by atoms with Crippen molar-refractivity contribution in [2.24, 2.45) is 4.99 Å². The number of hydrogen-bond acceptors (Lipinski definition) is 6. The molecule has 1 saturated heterocycles.